The van der Waals surface area contributed by atoms with Gasteiger partial charge in [-0.25, -0.2) is 0 Å². The van der Waals surface area contributed by atoms with Crippen LogP contribution >= 0.6 is 11.6 Å². The van der Waals surface area contributed by atoms with Gasteiger partial charge in [0, 0.05) is 29.4 Å². The van der Waals surface area contributed by atoms with Crippen LogP contribution in [0.3, 0.4) is 0 Å². The van der Waals surface area contributed by atoms with Crippen LogP contribution in [0.2, 0.25) is 5.28 Å². The molecule has 0 aliphatic carbocycles. The second-order valence-corrected chi connectivity index (χ2v) is 4.51. The summed E-state index contributed by atoms with van der Waals surface area (Å²) in [6.07, 6.45) is 1.63. The summed E-state index contributed by atoms with van der Waals surface area (Å²) in [4.78, 5) is 11.5. The van der Waals surface area contributed by atoms with Crippen molar-refractivity contribution in [3.05, 3.63) is 5.28 Å². The van der Waals surface area contributed by atoms with E-state index >= 15 is 0 Å². The molecule has 0 spiro atoms. The minimum absolute atomic E-state index is 0.0574. The van der Waals surface area contributed by atoms with Crippen LogP contribution in [0.4, 0.5) is 5.95 Å². The Morgan fingerprint density at radius 2 is 2.20 bits per heavy atom. The summed E-state index contributed by atoms with van der Waals surface area (Å²) >= 11 is 5.63. The molecule has 0 saturated heterocycles. The Bertz CT molecular complexity index is 363. The lowest BCUT2D eigenvalue weighted by atomic mass is 10.7. The quantitative estimate of drug-likeness (QED) is 0.811. The topological polar surface area (TPSA) is 77.0 Å². The highest BCUT2D eigenvalue weighted by Crippen LogP contribution is 2.10. The highest BCUT2D eigenvalue weighted by Gasteiger charge is 2.04. The first-order valence-corrected chi connectivity index (χ1v) is 6.22. The summed E-state index contributed by atoms with van der Waals surface area (Å²) in [7, 11) is 0.591. The highest BCUT2D eigenvalue weighted by molar-refractivity contribution is 7.84. The number of aromatic nitrogens is 3. The molecular formula is C7H11ClN4O2S. The average Bonchev–Trinajstić information content (AvgIpc) is 2.16. The molecule has 8 heteroatoms. The molecule has 0 amide bonds. The van der Waals surface area contributed by atoms with Crippen molar-refractivity contribution in [2.24, 2.45) is 0 Å². The Hall–Kier alpha value is -0.950. The van der Waals surface area contributed by atoms with Crippen molar-refractivity contribution in [2.75, 3.05) is 31.0 Å². The van der Waals surface area contributed by atoms with E-state index in [0.29, 0.717) is 18.2 Å². The van der Waals surface area contributed by atoms with Crippen molar-refractivity contribution in [1.82, 2.24) is 15.0 Å². The van der Waals surface area contributed by atoms with Crippen molar-refractivity contribution in [1.29, 1.82) is 0 Å². The molecule has 1 rings (SSSR count). The first-order chi connectivity index (χ1) is 7.11. The predicted molar refractivity (Wildman–Crippen MR) is 58.8 cm³/mol. The summed E-state index contributed by atoms with van der Waals surface area (Å²) in [5, 5.41) is 2.93. The molecule has 6 nitrogen and oxygen atoms in total. The van der Waals surface area contributed by atoms with Gasteiger partial charge in [0.1, 0.15) is 0 Å². The number of hydrogen-bond acceptors (Lipinski definition) is 6. The van der Waals surface area contributed by atoms with E-state index < -0.39 is 10.8 Å². The molecule has 0 bridgehead atoms. The van der Waals surface area contributed by atoms with Crippen LogP contribution < -0.4 is 10.1 Å². The van der Waals surface area contributed by atoms with Crippen molar-refractivity contribution in [2.45, 2.75) is 0 Å². The van der Waals surface area contributed by atoms with Gasteiger partial charge in [-0.05, 0) is 11.6 Å². The van der Waals surface area contributed by atoms with Crippen LogP contribution in [0, 0.1) is 0 Å². The van der Waals surface area contributed by atoms with E-state index in [4.69, 9.17) is 16.3 Å². The van der Waals surface area contributed by atoms with Crippen LogP contribution in [-0.2, 0) is 10.8 Å². The Kier molecular flexibility index (Phi) is 4.70. The number of rotatable bonds is 5. The Morgan fingerprint density at radius 1 is 1.47 bits per heavy atom. The normalized spacial score (nSPS) is 12.2. The Balaban J connectivity index is 2.60. The summed E-state index contributed by atoms with van der Waals surface area (Å²) in [5.41, 5.74) is 0. The van der Waals surface area contributed by atoms with Crippen molar-refractivity contribution in [3.63, 3.8) is 0 Å². The lowest BCUT2D eigenvalue weighted by molar-refractivity contribution is 0.379. The maximum atomic E-state index is 10.8. The standard InChI is InChI=1S/C7H11ClN4O2S/c1-14-7-11-5(8)10-6(12-7)9-3-4-15(2)13/h3-4H2,1-2H3,(H,9,10,11,12). The summed E-state index contributed by atoms with van der Waals surface area (Å²) in [6, 6.07) is 0.148. The summed E-state index contributed by atoms with van der Waals surface area (Å²) in [5.74, 6) is 0.836. The smallest absolute Gasteiger partial charge is 0.322 e. The van der Waals surface area contributed by atoms with Gasteiger partial charge in [-0.15, -0.1) is 0 Å². The largest absolute Gasteiger partial charge is 0.467 e. The maximum Gasteiger partial charge on any atom is 0.322 e. The number of nitrogens with zero attached hydrogens (tertiary/aromatic N) is 3. The van der Waals surface area contributed by atoms with Gasteiger partial charge in [-0.2, -0.15) is 15.0 Å². The molecule has 0 aliphatic heterocycles. The van der Waals surface area contributed by atoms with Crippen molar-refractivity contribution < 1.29 is 8.95 Å². The number of anilines is 1. The van der Waals surface area contributed by atoms with Crippen molar-refractivity contribution >= 4 is 28.3 Å². The van der Waals surface area contributed by atoms with Gasteiger partial charge < -0.3 is 10.1 Å². The summed E-state index contributed by atoms with van der Waals surface area (Å²) in [6.45, 7) is 0.507. The number of halogens is 1. The number of nitrogens with one attached hydrogen (secondary N) is 1. The fraction of sp³-hybridized carbons (Fsp3) is 0.571. The molecule has 15 heavy (non-hydrogen) atoms. The van der Waals surface area contributed by atoms with Crippen LogP contribution in [0.15, 0.2) is 0 Å². The van der Waals surface area contributed by atoms with E-state index in [2.05, 4.69) is 20.3 Å². The third kappa shape index (κ3) is 4.39. The number of ether oxygens (including phenoxy) is 1. The molecule has 1 aromatic rings. The lowest BCUT2D eigenvalue weighted by Gasteiger charge is -2.04. The third-order valence-electron chi connectivity index (χ3n) is 1.44. The SMILES string of the molecule is COc1nc(Cl)nc(NCCS(C)=O)n1. The molecule has 1 atom stereocenters. The Morgan fingerprint density at radius 3 is 2.80 bits per heavy atom. The minimum atomic E-state index is -0.850. The molecule has 84 valence electrons. The van der Waals surface area contributed by atoms with E-state index in [9.17, 15) is 4.21 Å². The van der Waals surface area contributed by atoms with Crippen molar-refractivity contribution in [3.8, 4) is 6.01 Å². The van der Waals surface area contributed by atoms with E-state index in [0.717, 1.165) is 0 Å². The first kappa shape index (κ1) is 12.1. The third-order valence-corrected chi connectivity index (χ3v) is 2.39. The molecule has 1 heterocycles. The lowest BCUT2D eigenvalue weighted by Crippen LogP contribution is -2.12. The van der Waals surface area contributed by atoms with E-state index in [1.54, 1.807) is 6.26 Å². The molecule has 0 aliphatic rings. The molecule has 0 radical (unpaired) electrons. The fourth-order valence-corrected chi connectivity index (χ4v) is 1.35. The van der Waals surface area contributed by atoms with E-state index in [-0.39, 0.29) is 11.3 Å². The van der Waals surface area contributed by atoms with Gasteiger partial charge in [0.05, 0.1) is 7.11 Å². The predicted octanol–water partition coefficient (Wildman–Crippen LogP) is 0.324. The average molecular weight is 251 g/mol. The molecule has 0 saturated carbocycles. The number of hydrogen-bond donors (Lipinski definition) is 1. The zero-order chi connectivity index (χ0) is 11.3. The second-order valence-electron chi connectivity index (χ2n) is 2.62. The van der Waals surface area contributed by atoms with Crippen LogP contribution in [-0.4, -0.2) is 44.8 Å². The zero-order valence-electron chi connectivity index (χ0n) is 8.36. The number of methoxy groups -OCH3 is 1. The van der Waals surface area contributed by atoms with Gasteiger partial charge in [-0.3, -0.25) is 4.21 Å². The maximum absolute atomic E-state index is 10.8. The first-order valence-electron chi connectivity index (χ1n) is 4.11. The van der Waals surface area contributed by atoms with E-state index in [1.165, 1.54) is 7.11 Å². The monoisotopic (exact) mass is 250 g/mol. The van der Waals surface area contributed by atoms with Gasteiger partial charge in [0.2, 0.25) is 11.2 Å². The van der Waals surface area contributed by atoms with Gasteiger partial charge in [0.15, 0.2) is 0 Å². The molecule has 1 aromatic heterocycles. The molecular weight excluding hydrogens is 240 g/mol. The van der Waals surface area contributed by atoms with Crippen LogP contribution in [0.1, 0.15) is 0 Å². The zero-order valence-corrected chi connectivity index (χ0v) is 9.93. The molecule has 1 N–H and O–H groups in total. The van der Waals surface area contributed by atoms with E-state index in [1.807, 2.05) is 0 Å². The van der Waals surface area contributed by atoms with Crippen LogP contribution in [0.5, 0.6) is 6.01 Å². The van der Waals surface area contributed by atoms with Gasteiger partial charge >= 0.3 is 6.01 Å². The molecule has 0 aromatic carbocycles. The fourth-order valence-electron chi connectivity index (χ4n) is 0.809. The molecule has 0 fully saturated rings. The van der Waals surface area contributed by atoms with Gasteiger partial charge in [0.25, 0.3) is 0 Å². The van der Waals surface area contributed by atoms with Gasteiger partial charge in [-0.1, -0.05) is 0 Å². The Labute approximate surface area is 94.9 Å². The summed E-state index contributed by atoms with van der Waals surface area (Å²) < 4.78 is 15.6. The molecule has 1 unspecified atom stereocenters. The van der Waals surface area contributed by atoms with Crippen LogP contribution in [0.25, 0.3) is 0 Å². The minimum Gasteiger partial charge on any atom is -0.467 e. The second kappa shape index (κ2) is 5.82. The highest BCUT2D eigenvalue weighted by atomic mass is 35.5.